The van der Waals surface area contributed by atoms with Gasteiger partial charge in [-0.05, 0) is 49.9 Å². The Kier molecular flexibility index (Phi) is 6.06. The van der Waals surface area contributed by atoms with Crippen LogP contribution in [-0.4, -0.2) is 29.5 Å². The molecular formula is C22H23N3O2S2. The molecule has 1 amide bonds. The van der Waals surface area contributed by atoms with Crippen molar-refractivity contribution in [3.8, 4) is 16.3 Å². The number of carbonyl (C=O) groups excluding carboxylic acids is 1. The van der Waals surface area contributed by atoms with Crippen molar-refractivity contribution in [2.45, 2.75) is 32.1 Å². The number of aromatic nitrogens is 2. The topological polar surface area (TPSA) is 55.3 Å². The molecule has 2 heterocycles. The summed E-state index contributed by atoms with van der Waals surface area (Å²) in [5.74, 6) is 0.814. The molecule has 0 unspecified atom stereocenters. The number of nitrogens with zero attached hydrogens (tertiary/aromatic N) is 3. The number of amides is 1. The van der Waals surface area contributed by atoms with E-state index in [0.29, 0.717) is 6.54 Å². The second-order valence-corrected chi connectivity index (χ2v) is 8.84. The van der Waals surface area contributed by atoms with Crippen LogP contribution >= 0.6 is 22.7 Å². The Balaban J connectivity index is 1.50. The van der Waals surface area contributed by atoms with Crippen LogP contribution in [-0.2, 0) is 24.1 Å². The third-order valence-corrected chi connectivity index (χ3v) is 7.02. The number of ether oxygens (including phenoxy) is 1. The van der Waals surface area contributed by atoms with E-state index in [2.05, 4.69) is 11.6 Å². The molecule has 0 saturated carbocycles. The predicted molar refractivity (Wildman–Crippen MR) is 119 cm³/mol. The van der Waals surface area contributed by atoms with Crippen molar-refractivity contribution >= 4 is 33.7 Å². The zero-order valence-electron chi connectivity index (χ0n) is 16.4. The van der Waals surface area contributed by atoms with Gasteiger partial charge >= 0.3 is 0 Å². The Morgan fingerprint density at radius 2 is 2.03 bits per heavy atom. The van der Waals surface area contributed by atoms with Crippen LogP contribution in [0.3, 0.4) is 0 Å². The quantitative estimate of drug-likeness (QED) is 0.505. The van der Waals surface area contributed by atoms with E-state index in [9.17, 15) is 4.79 Å². The highest BCUT2D eigenvalue weighted by molar-refractivity contribution is 7.16. The van der Waals surface area contributed by atoms with Crippen molar-refractivity contribution in [2.75, 3.05) is 18.6 Å². The van der Waals surface area contributed by atoms with Crippen LogP contribution in [0.4, 0.5) is 5.13 Å². The van der Waals surface area contributed by atoms with Crippen LogP contribution in [0.15, 0.2) is 42.3 Å². The summed E-state index contributed by atoms with van der Waals surface area (Å²) >= 11 is 3.19. The lowest BCUT2D eigenvalue weighted by Crippen LogP contribution is -2.32. The lowest BCUT2D eigenvalue weighted by Gasteiger charge is -2.17. The molecule has 1 aromatic carbocycles. The van der Waals surface area contributed by atoms with Gasteiger partial charge in [-0.15, -0.1) is 29.3 Å². The maximum Gasteiger partial charge on any atom is 0.235 e. The van der Waals surface area contributed by atoms with Crippen LogP contribution in [0.25, 0.3) is 10.6 Å². The zero-order chi connectivity index (χ0) is 20.2. The van der Waals surface area contributed by atoms with Gasteiger partial charge in [0.15, 0.2) is 5.13 Å². The number of anilines is 1. The number of aryl methyl sites for hydroxylation is 2. The number of hydrogen-bond donors (Lipinski definition) is 0. The summed E-state index contributed by atoms with van der Waals surface area (Å²) in [7, 11) is 1.65. The summed E-state index contributed by atoms with van der Waals surface area (Å²) in [4.78, 5) is 25.5. The zero-order valence-corrected chi connectivity index (χ0v) is 18.0. The molecule has 1 aliphatic carbocycles. The van der Waals surface area contributed by atoms with E-state index in [1.54, 1.807) is 40.8 Å². The summed E-state index contributed by atoms with van der Waals surface area (Å²) in [5.41, 5.74) is 2.96. The van der Waals surface area contributed by atoms with E-state index in [1.165, 1.54) is 17.7 Å². The Morgan fingerprint density at radius 1 is 1.24 bits per heavy atom. The molecular weight excluding hydrogens is 402 g/mol. The monoisotopic (exact) mass is 425 g/mol. The van der Waals surface area contributed by atoms with Gasteiger partial charge in [-0.2, -0.15) is 0 Å². The SMILES string of the molecule is C=CCN(C(=O)Cc1csc(-c2ccc(OC)cc2)n1)c1nc2c(s1)CCCC2. The first-order chi connectivity index (χ1) is 14.2. The molecule has 150 valence electrons. The third-order valence-electron chi connectivity index (χ3n) is 4.90. The summed E-state index contributed by atoms with van der Waals surface area (Å²) in [6.07, 6.45) is 6.47. The van der Waals surface area contributed by atoms with Crippen LogP contribution in [0.5, 0.6) is 5.75 Å². The highest BCUT2D eigenvalue weighted by Crippen LogP contribution is 2.32. The second kappa shape index (κ2) is 8.88. The predicted octanol–water partition coefficient (Wildman–Crippen LogP) is 4.92. The van der Waals surface area contributed by atoms with E-state index in [4.69, 9.17) is 9.72 Å². The Morgan fingerprint density at radius 3 is 2.76 bits per heavy atom. The highest BCUT2D eigenvalue weighted by atomic mass is 32.1. The fourth-order valence-corrected chi connectivity index (χ4v) is 5.37. The third kappa shape index (κ3) is 4.41. The first kappa shape index (κ1) is 19.8. The number of hydrogen-bond acceptors (Lipinski definition) is 6. The lowest BCUT2D eigenvalue weighted by atomic mass is 10.0. The summed E-state index contributed by atoms with van der Waals surface area (Å²) in [6, 6.07) is 7.79. The maximum atomic E-state index is 13.0. The number of carbonyl (C=O) groups is 1. The molecule has 0 bridgehead atoms. The molecule has 0 N–H and O–H groups in total. The number of thiazole rings is 2. The van der Waals surface area contributed by atoms with Crippen LogP contribution < -0.4 is 9.64 Å². The van der Waals surface area contributed by atoms with Gasteiger partial charge in [0.25, 0.3) is 0 Å². The molecule has 29 heavy (non-hydrogen) atoms. The molecule has 4 rings (SSSR count). The largest absolute Gasteiger partial charge is 0.497 e. The van der Waals surface area contributed by atoms with Gasteiger partial charge in [-0.25, -0.2) is 9.97 Å². The van der Waals surface area contributed by atoms with Crippen molar-refractivity contribution < 1.29 is 9.53 Å². The molecule has 7 heteroatoms. The smallest absolute Gasteiger partial charge is 0.235 e. The van der Waals surface area contributed by atoms with Gasteiger partial charge in [0.05, 0.1) is 24.9 Å². The summed E-state index contributed by atoms with van der Waals surface area (Å²) in [5, 5.41) is 3.64. The Labute approximate surface area is 178 Å². The van der Waals surface area contributed by atoms with E-state index < -0.39 is 0 Å². The van der Waals surface area contributed by atoms with E-state index >= 15 is 0 Å². The molecule has 0 atom stereocenters. The van der Waals surface area contributed by atoms with Gasteiger partial charge in [0, 0.05) is 22.4 Å². The van der Waals surface area contributed by atoms with Gasteiger partial charge in [0.1, 0.15) is 10.8 Å². The van der Waals surface area contributed by atoms with Crippen molar-refractivity contribution in [3.63, 3.8) is 0 Å². The normalized spacial score (nSPS) is 13.0. The molecule has 3 aromatic rings. The number of benzene rings is 1. The number of fused-ring (bicyclic) bond motifs is 1. The average Bonchev–Trinajstić information content (AvgIpc) is 3.38. The van der Waals surface area contributed by atoms with E-state index in [1.807, 2.05) is 29.6 Å². The molecule has 0 spiro atoms. The maximum absolute atomic E-state index is 13.0. The molecule has 1 aliphatic rings. The number of methoxy groups -OCH3 is 1. The first-order valence-electron chi connectivity index (χ1n) is 9.66. The molecule has 0 aliphatic heterocycles. The summed E-state index contributed by atoms with van der Waals surface area (Å²) in [6.45, 7) is 4.27. The molecule has 0 fully saturated rings. The average molecular weight is 426 g/mol. The molecule has 0 radical (unpaired) electrons. The van der Waals surface area contributed by atoms with Gasteiger partial charge in [-0.1, -0.05) is 6.08 Å². The molecule has 5 nitrogen and oxygen atoms in total. The molecule has 2 aromatic heterocycles. The summed E-state index contributed by atoms with van der Waals surface area (Å²) < 4.78 is 5.20. The minimum absolute atomic E-state index is 0.00239. The minimum Gasteiger partial charge on any atom is -0.497 e. The van der Waals surface area contributed by atoms with Crippen molar-refractivity contribution in [1.29, 1.82) is 0 Å². The van der Waals surface area contributed by atoms with Gasteiger partial charge in [-0.3, -0.25) is 9.69 Å². The first-order valence-corrected chi connectivity index (χ1v) is 11.4. The molecule has 0 saturated heterocycles. The van der Waals surface area contributed by atoms with Crippen LogP contribution in [0.2, 0.25) is 0 Å². The fourth-order valence-electron chi connectivity index (χ4n) is 3.37. The van der Waals surface area contributed by atoms with E-state index in [-0.39, 0.29) is 12.3 Å². The number of rotatable bonds is 7. The van der Waals surface area contributed by atoms with Crippen molar-refractivity contribution in [3.05, 3.63) is 58.6 Å². The van der Waals surface area contributed by atoms with Crippen LogP contribution in [0.1, 0.15) is 29.1 Å². The Hall–Kier alpha value is -2.51. The Bertz CT molecular complexity index is 984. The van der Waals surface area contributed by atoms with Crippen molar-refractivity contribution in [1.82, 2.24) is 9.97 Å². The highest BCUT2D eigenvalue weighted by Gasteiger charge is 2.23. The van der Waals surface area contributed by atoms with Gasteiger partial charge < -0.3 is 4.74 Å². The van der Waals surface area contributed by atoms with Gasteiger partial charge in [0.2, 0.25) is 5.91 Å². The van der Waals surface area contributed by atoms with Crippen molar-refractivity contribution in [2.24, 2.45) is 0 Å². The van der Waals surface area contributed by atoms with E-state index in [0.717, 1.165) is 45.7 Å². The lowest BCUT2D eigenvalue weighted by molar-refractivity contribution is -0.117. The minimum atomic E-state index is 0.00239. The van der Waals surface area contributed by atoms with Crippen LogP contribution in [0, 0.1) is 0 Å². The fraction of sp³-hybridized carbons (Fsp3) is 0.318. The second-order valence-electron chi connectivity index (χ2n) is 6.92. The standard InChI is InChI=1S/C22H23N3O2S2/c1-3-12-25(22-24-18-6-4-5-7-19(18)29-22)20(26)13-16-14-28-21(23-16)15-8-10-17(27-2)11-9-15/h3,8-11,14H,1,4-7,12-13H2,2H3.